The molecule has 14 heavy (non-hydrogen) atoms. The van der Waals surface area contributed by atoms with Gasteiger partial charge in [0.2, 0.25) is 12.1 Å². The van der Waals surface area contributed by atoms with Gasteiger partial charge in [-0.3, -0.25) is 0 Å². The van der Waals surface area contributed by atoms with Crippen LogP contribution in [0.1, 0.15) is 0 Å². The first-order chi connectivity index (χ1) is 6.72. The van der Waals surface area contributed by atoms with Crippen molar-refractivity contribution in [1.82, 2.24) is 0 Å². The maximum absolute atomic E-state index is 5.49. The van der Waals surface area contributed by atoms with Crippen molar-refractivity contribution in [2.24, 2.45) is 0 Å². The average molecular weight is 204 g/mol. The van der Waals surface area contributed by atoms with Gasteiger partial charge in [0.05, 0.1) is 0 Å². The molecular formula is C9H16O5. The smallest absolute Gasteiger partial charge is 0.243 e. The molecule has 0 spiro atoms. The van der Waals surface area contributed by atoms with Crippen molar-refractivity contribution < 1.29 is 23.7 Å². The Kier molecular flexibility index (Phi) is 4.03. The van der Waals surface area contributed by atoms with E-state index in [-0.39, 0.29) is 0 Å². The quantitative estimate of drug-likeness (QED) is 0.482. The minimum absolute atomic E-state index is 0.428. The minimum atomic E-state index is -1.02. The highest BCUT2D eigenvalue weighted by atomic mass is 16.8. The fraction of sp³-hybridized carbons (Fsp3) is 0.778. The van der Waals surface area contributed by atoms with E-state index in [1.165, 1.54) is 21.3 Å². The van der Waals surface area contributed by atoms with Gasteiger partial charge in [0, 0.05) is 28.4 Å². The molecule has 0 fully saturated rings. The van der Waals surface area contributed by atoms with Crippen molar-refractivity contribution in [1.29, 1.82) is 0 Å². The summed E-state index contributed by atoms with van der Waals surface area (Å²) in [5.74, 6) is -1.02. The fourth-order valence-electron chi connectivity index (χ4n) is 1.37. The molecule has 1 heterocycles. The Morgan fingerprint density at radius 1 is 1.21 bits per heavy atom. The van der Waals surface area contributed by atoms with Crippen LogP contribution in [-0.2, 0) is 23.7 Å². The lowest BCUT2D eigenvalue weighted by Gasteiger charge is -2.32. The van der Waals surface area contributed by atoms with Crippen molar-refractivity contribution >= 4 is 0 Å². The zero-order valence-corrected chi connectivity index (χ0v) is 8.85. The van der Waals surface area contributed by atoms with Gasteiger partial charge in [0.15, 0.2) is 6.29 Å². The van der Waals surface area contributed by atoms with Crippen LogP contribution in [0.5, 0.6) is 0 Å². The van der Waals surface area contributed by atoms with Crippen LogP contribution in [0.2, 0.25) is 0 Å². The molecule has 5 nitrogen and oxygen atoms in total. The Balaban J connectivity index is 2.74. The Morgan fingerprint density at radius 2 is 1.86 bits per heavy atom. The molecule has 0 N–H and O–H groups in total. The topological polar surface area (TPSA) is 46.2 Å². The van der Waals surface area contributed by atoms with Crippen LogP contribution in [0.4, 0.5) is 0 Å². The summed E-state index contributed by atoms with van der Waals surface area (Å²) in [6.07, 6.45) is 2.42. The molecule has 0 saturated heterocycles. The SMILES string of the molecule is COC(OC)[C@]1(OC)C=C[C@H](OC)O1. The molecule has 0 aromatic heterocycles. The third-order valence-electron chi connectivity index (χ3n) is 2.09. The lowest BCUT2D eigenvalue weighted by molar-refractivity contribution is -0.332. The summed E-state index contributed by atoms with van der Waals surface area (Å²) in [6, 6.07) is 0. The first-order valence-electron chi connectivity index (χ1n) is 4.23. The molecule has 2 atom stereocenters. The fourth-order valence-corrected chi connectivity index (χ4v) is 1.37. The third kappa shape index (κ3) is 1.97. The summed E-state index contributed by atoms with van der Waals surface area (Å²) in [5.41, 5.74) is 0. The monoisotopic (exact) mass is 204 g/mol. The Hall–Kier alpha value is -0.460. The van der Waals surface area contributed by atoms with E-state index in [0.717, 1.165) is 0 Å². The standard InChI is InChI=1S/C9H16O5/c1-10-7-5-6-9(13-4,14-7)8(11-2)12-3/h5-8H,1-4H3/t7-,9+/m1/s1. The third-order valence-corrected chi connectivity index (χ3v) is 2.09. The van der Waals surface area contributed by atoms with E-state index in [0.29, 0.717) is 0 Å². The van der Waals surface area contributed by atoms with Gasteiger partial charge in [-0.15, -0.1) is 0 Å². The van der Waals surface area contributed by atoms with E-state index in [4.69, 9.17) is 23.7 Å². The van der Waals surface area contributed by atoms with Gasteiger partial charge in [0.25, 0.3) is 0 Å². The molecule has 0 bridgehead atoms. The zero-order chi connectivity index (χ0) is 10.6. The summed E-state index contributed by atoms with van der Waals surface area (Å²) < 4.78 is 25.9. The van der Waals surface area contributed by atoms with E-state index >= 15 is 0 Å². The van der Waals surface area contributed by atoms with Crippen molar-refractivity contribution in [3.8, 4) is 0 Å². The highest BCUT2D eigenvalue weighted by Gasteiger charge is 2.44. The minimum Gasteiger partial charge on any atom is -0.352 e. The molecule has 82 valence electrons. The molecule has 1 rings (SSSR count). The van der Waals surface area contributed by atoms with Crippen LogP contribution in [0.3, 0.4) is 0 Å². The van der Waals surface area contributed by atoms with Crippen molar-refractivity contribution in [3.05, 3.63) is 12.2 Å². The van der Waals surface area contributed by atoms with Crippen molar-refractivity contribution in [2.75, 3.05) is 28.4 Å². The van der Waals surface area contributed by atoms with E-state index in [1.807, 2.05) is 0 Å². The Morgan fingerprint density at radius 3 is 2.21 bits per heavy atom. The Labute approximate surface area is 83.5 Å². The second-order valence-electron chi connectivity index (χ2n) is 2.81. The maximum Gasteiger partial charge on any atom is 0.243 e. The summed E-state index contributed by atoms with van der Waals surface area (Å²) in [7, 11) is 6.11. The highest BCUT2D eigenvalue weighted by Crippen LogP contribution is 2.29. The highest BCUT2D eigenvalue weighted by molar-refractivity contribution is 5.06. The van der Waals surface area contributed by atoms with E-state index in [1.54, 1.807) is 19.3 Å². The summed E-state index contributed by atoms with van der Waals surface area (Å²) in [6.45, 7) is 0. The van der Waals surface area contributed by atoms with Crippen LogP contribution in [0.25, 0.3) is 0 Å². The maximum atomic E-state index is 5.49. The van der Waals surface area contributed by atoms with Crippen LogP contribution < -0.4 is 0 Å². The number of hydrogen-bond acceptors (Lipinski definition) is 5. The molecule has 0 aromatic carbocycles. The second-order valence-corrected chi connectivity index (χ2v) is 2.81. The molecule has 0 radical (unpaired) electrons. The average Bonchev–Trinajstić information content (AvgIpc) is 2.65. The first-order valence-corrected chi connectivity index (χ1v) is 4.23. The van der Waals surface area contributed by atoms with Gasteiger partial charge in [0.1, 0.15) is 0 Å². The Bertz CT molecular complexity index is 201. The van der Waals surface area contributed by atoms with Gasteiger partial charge in [-0.2, -0.15) is 0 Å². The molecule has 0 unspecified atom stereocenters. The molecular weight excluding hydrogens is 188 g/mol. The predicted molar refractivity (Wildman–Crippen MR) is 48.6 cm³/mol. The van der Waals surface area contributed by atoms with Crippen LogP contribution in [0.15, 0.2) is 12.2 Å². The molecule has 0 aliphatic carbocycles. The number of methoxy groups -OCH3 is 4. The van der Waals surface area contributed by atoms with Gasteiger partial charge < -0.3 is 23.7 Å². The number of hydrogen-bond donors (Lipinski definition) is 0. The van der Waals surface area contributed by atoms with Gasteiger partial charge in [-0.25, -0.2) is 0 Å². The van der Waals surface area contributed by atoms with Gasteiger partial charge in [-0.1, -0.05) is 0 Å². The summed E-state index contributed by atoms with van der Waals surface area (Å²) in [5, 5.41) is 0. The van der Waals surface area contributed by atoms with Crippen molar-refractivity contribution in [3.63, 3.8) is 0 Å². The molecule has 5 heteroatoms. The lowest BCUT2D eigenvalue weighted by atomic mass is 10.2. The van der Waals surface area contributed by atoms with Crippen molar-refractivity contribution in [2.45, 2.75) is 18.4 Å². The normalized spacial score (nSPS) is 31.6. The molecule has 1 aliphatic rings. The summed E-state index contributed by atoms with van der Waals surface area (Å²) >= 11 is 0. The van der Waals surface area contributed by atoms with Crippen LogP contribution >= 0.6 is 0 Å². The van der Waals surface area contributed by atoms with E-state index < -0.39 is 18.4 Å². The molecule has 0 saturated carbocycles. The number of ether oxygens (including phenoxy) is 5. The van der Waals surface area contributed by atoms with E-state index in [9.17, 15) is 0 Å². The van der Waals surface area contributed by atoms with Crippen LogP contribution in [-0.4, -0.2) is 46.8 Å². The lowest BCUT2D eigenvalue weighted by Crippen LogP contribution is -2.46. The van der Waals surface area contributed by atoms with Gasteiger partial charge in [-0.05, 0) is 12.2 Å². The van der Waals surface area contributed by atoms with Gasteiger partial charge >= 0.3 is 0 Å². The second kappa shape index (κ2) is 4.86. The van der Waals surface area contributed by atoms with E-state index in [2.05, 4.69) is 0 Å². The zero-order valence-electron chi connectivity index (χ0n) is 8.85. The molecule has 0 aromatic rings. The molecule has 0 amide bonds. The summed E-state index contributed by atoms with van der Waals surface area (Å²) in [4.78, 5) is 0. The first kappa shape index (κ1) is 11.6. The number of rotatable bonds is 5. The molecule has 1 aliphatic heterocycles. The van der Waals surface area contributed by atoms with Crippen LogP contribution in [0, 0.1) is 0 Å². The predicted octanol–water partition coefficient (Wildman–Crippen LogP) is 0.507. The largest absolute Gasteiger partial charge is 0.352 e.